The third kappa shape index (κ3) is 2.72. The van der Waals surface area contributed by atoms with Gasteiger partial charge in [-0.1, -0.05) is 0 Å². The summed E-state index contributed by atoms with van der Waals surface area (Å²) in [7, 11) is 0. The number of nitriles is 1. The van der Waals surface area contributed by atoms with Gasteiger partial charge in [-0.15, -0.1) is 0 Å². The van der Waals surface area contributed by atoms with Crippen LogP contribution in [-0.2, 0) is 6.54 Å². The molecular formula is C7H10N4. The van der Waals surface area contributed by atoms with Crippen molar-refractivity contribution >= 4 is 0 Å². The second kappa shape index (κ2) is 4.34. The highest BCUT2D eigenvalue weighted by Crippen LogP contribution is 1.88. The molecule has 1 N–H and O–H groups in total. The average Bonchev–Trinajstić information content (AvgIpc) is 2.50. The van der Waals surface area contributed by atoms with Crippen molar-refractivity contribution in [2.45, 2.75) is 13.0 Å². The van der Waals surface area contributed by atoms with Gasteiger partial charge in [0.05, 0.1) is 6.33 Å². The largest absolute Gasteiger partial charge is 0.337 e. The fraction of sp³-hybridized carbons (Fsp3) is 0.429. The normalized spacial score (nSPS) is 9.00. The first-order valence-corrected chi connectivity index (χ1v) is 3.51. The van der Waals surface area contributed by atoms with Crippen LogP contribution in [0.4, 0.5) is 0 Å². The predicted molar refractivity (Wildman–Crippen MR) is 40.5 cm³/mol. The van der Waals surface area contributed by atoms with Crippen LogP contribution >= 0.6 is 0 Å². The Bertz CT molecular complexity index is 221. The third-order valence-electron chi connectivity index (χ3n) is 1.36. The molecule has 4 nitrogen and oxygen atoms in total. The molecule has 0 amide bonds. The van der Waals surface area contributed by atoms with Gasteiger partial charge in [0.1, 0.15) is 0 Å². The molecule has 0 aliphatic carbocycles. The van der Waals surface area contributed by atoms with E-state index in [1.165, 1.54) is 0 Å². The van der Waals surface area contributed by atoms with Crippen LogP contribution in [-0.4, -0.2) is 16.1 Å². The first-order chi connectivity index (χ1) is 5.43. The maximum absolute atomic E-state index is 8.14. The van der Waals surface area contributed by atoms with E-state index >= 15 is 0 Å². The van der Waals surface area contributed by atoms with E-state index < -0.39 is 0 Å². The van der Waals surface area contributed by atoms with Crippen LogP contribution in [0, 0.1) is 11.5 Å². The lowest BCUT2D eigenvalue weighted by atomic mass is 10.4. The van der Waals surface area contributed by atoms with Gasteiger partial charge in [-0.2, -0.15) is 5.26 Å². The van der Waals surface area contributed by atoms with Crippen LogP contribution in [0.2, 0.25) is 0 Å². The fourth-order valence-electron chi connectivity index (χ4n) is 0.825. The van der Waals surface area contributed by atoms with Crippen molar-refractivity contribution in [3.63, 3.8) is 0 Å². The number of aryl methyl sites for hydroxylation is 1. The number of hydrogen-bond donors (Lipinski definition) is 1. The van der Waals surface area contributed by atoms with E-state index in [0.29, 0.717) is 0 Å². The fourth-order valence-corrected chi connectivity index (χ4v) is 0.825. The molecule has 0 aromatic carbocycles. The zero-order valence-electron chi connectivity index (χ0n) is 6.20. The van der Waals surface area contributed by atoms with Crippen LogP contribution in [0.5, 0.6) is 0 Å². The molecule has 0 aliphatic heterocycles. The Morgan fingerprint density at radius 2 is 2.55 bits per heavy atom. The average molecular weight is 150 g/mol. The molecule has 1 heterocycles. The van der Waals surface area contributed by atoms with Crippen molar-refractivity contribution in [1.82, 2.24) is 14.9 Å². The van der Waals surface area contributed by atoms with Crippen molar-refractivity contribution in [3.8, 4) is 6.19 Å². The summed E-state index contributed by atoms with van der Waals surface area (Å²) in [4.78, 5) is 3.90. The lowest BCUT2D eigenvalue weighted by molar-refractivity contribution is 0.626. The minimum absolute atomic E-state index is 0.731. The topological polar surface area (TPSA) is 53.6 Å². The molecule has 0 saturated carbocycles. The molecule has 0 spiro atoms. The van der Waals surface area contributed by atoms with E-state index in [0.717, 1.165) is 19.5 Å². The van der Waals surface area contributed by atoms with Gasteiger partial charge in [-0.3, -0.25) is 0 Å². The van der Waals surface area contributed by atoms with E-state index in [1.807, 2.05) is 17.0 Å². The van der Waals surface area contributed by atoms with Gasteiger partial charge < -0.3 is 9.88 Å². The molecular weight excluding hydrogens is 140 g/mol. The summed E-state index contributed by atoms with van der Waals surface area (Å²) in [6, 6.07) is 0. The SMILES string of the molecule is N#CNCCCn1ccnc1. The lowest BCUT2D eigenvalue weighted by Crippen LogP contribution is -2.09. The Labute approximate surface area is 65.5 Å². The summed E-state index contributed by atoms with van der Waals surface area (Å²) >= 11 is 0. The van der Waals surface area contributed by atoms with Crippen molar-refractivity contribution in [2.24, 2.45) is 0 Å². The first-order valence-electron chi connectivity index (χ1n) is 3.51. The molecule has 0 bridgehead atoms. The van der Waals surface area contributed by atoms with E-state index in [4.69, 9.17) is 5.26 Å². The highest BCUT2D eigenvalue weighted by molar-refractivity contribution is 4.74. The van der Waals surface area contributed by atoms with Gasteiger partial charge in [0.25, 0.3) is 0 Å². The zero-order valence-corrected chi connectivity index (χ0v) is 6.20. The third-order valence-corrected chi connectivity index (χ3v) is 1.36. The van der Waals surface area contributed by atoms with E-state index in [9.17, 15) is 0 Å². The molecule has 0 aliphatic rings. The molecule has 0 atom stereocenters. The van der Waals surface area contributed by atoms with E-state index in [2.05, 4.69) is 10.3 Å². The van der Waals surface area contributed by atoms with Gasteiger partial charge in [0.2, 0.25) is 0 Å². The lowest BCUT2D eigenvalue weighted by Gasteiger charge is -1.99. The second-order valence-corrected chi connectivity index (χ2v) is 2.19. The van der Waals surface area contributed by atoms with Gasteiger partial charge in [0.15, 0.2) is 6.19 Å². The summed E-state index contributed by atoms with van der Waals surface area (Å²) < 4.78 is 1.99. The van der Waals surface area contributed by atoms with E-state index in [1.54, 1.807) is 12.5 Å². The molecule has 4 heteroatoms. The van der Waals surface area contributed by atoms with Crippen molar-refractivity contribution in [1.29, 1.82) is 5.26 Å². The van der Waals surface area contributed by atoms with Gasteiger partial charge in [-0.05, 0) is 6.42 Å². The molecule has 0 unspecified atom stereocenters. The number of aromatic nitrogens is 2. The summed E-state index contributed by atoms with van der Waals surface area (Å²) in [5.41, 5.74) is 0. The molecule has 1 aromatic rings. The first kappa shape index (κ1) is 7.61. The number of nitrogens with one attached hydrogen (secondary N) is 1. The Morgan fingerprint density at radius 1 is 1.64 bits per heavy atom. The number of hydrogen-bond acceptors (Lipinski definition) is 3. The molecule has 1 aromatic heterocycles. The van der Waals surface area contributed by atoms with Crippen LogP contribution in [0.3, 0.4) is 0 Å². The Balaban J connectivity index is 2.10. The van der Waals surface area contributed by atoms with Gasteiger partial charge in [0, 0.05) is 25.5 Å². The van der Waals surface area contributed by atoms with Gasteiger partial charge in [-0.25, -0.2) is 4.98 Å². The highest BCUT2D eigenvalue weighted by atomic mass is 15.0. The van der Waals surface area contributed by atoms with E-state index in [-0.39, 0.29) is 0 Å². The van der Waals surface area contributed by atoms with Crippen molar-refractivity contribution < 1.29 is 0 Å². The summed E-state index contributed by atoms with van der Waals surface area (Å²) in [6.45, 7) is 1.64. The molecule has 11 heavy (non-hydrogen) atoms. The van der Waals surface area contributed by atoms with Crippen molar-refractivity contribution in [2.75, 3.05) is 6.54 Å². The van der Waals surface area contributed by atoms with Crippen LogP contribution in [0.25, 0.3) is 0 Å². The molecule has 0 saturated heterocycles. The standard InChI is InChI=1S/C7H10N4/c8-6-9-2-1-4-11-5-3-10-7-11/h3,5,7,9H,1-2,4H2. The Hall–Kier alpha value is -1.50. The second-order valence-electron chi connectivity index (χ2n) is 2.19. The van der Waals surface area contributed by atoms with Crippen LogP contribution in [0.15, 0.2) is 18.7 Å². The smallest absolute Gasteiger partial charge is 0.176 e. The van der Waals surface area contributed by atoms with Crippen LogP contribution < -0.4 is 5.32 Å². The summed E-state index contributed by atoms with van der Waals surface area (Å²) in [5.74, 6) is 0. The maximum atomic E-state index is 8.14. The minimum Gasteiger partial charge on any atom is -0.337 e. The molecule has 58 valence electrons. The summed E-state index contributed by atoms with van der Waals surface area (Å²) in [5, 5.41) is 10.7. The number of nitrogens with zero attached hydrogens (tertiary/aromatic N) is 3. The molecule has 1 rings (SSSR count). The van der Waals surface area contributed by atoms with Crippen LogP contribution in [0.1, 0.15) is 6.42 Å². The molecule has 0 fully saturated rings. The maximum Gasteiger partial charge on any atom is 0.176 e. The minimum atomic E-state index is 0.731. The highest BCUT2D eigenvalue weighted by Gasteiger charge is 1.88. The van der Waals surface area contributed by atoms with Crippen molar-refractivity contribution in [3.05, 3.63) is 18.7 Å². The number of rotatable bonds is 4. The monoisotopic (exact) mass is 150 g/mol. The Kier molecular flexibility index (Phi) is 3.00. The summed E-state index contributed by atoms with van der Waals surface area (Å²) in [6.07, 6.45) is 8.25. The Morgan fingerprint density at radius 3 is 3.18 bits per heavy atom. The number of imidazole rings is 1. The predicted octanol–water partition coefficient (Wildman–Crippen LogP) is 0.344. The van der Waals surface area contributed by atoms with Gasteiger partial charge >= 0.3 is 0 Å². The zero-order chi connectivity index (χ0) is 7.94. The quantitative estimate of drug-likeness (QED) is 0.382. The molecule has 0 radical (unpaired) electrons.